The maximum Gasteiger partial charge on any atom is 0.411 e. The first-order valence-corrected chi connectivity index (χ1v) is 11.1. The lowest BCUT2D eigenvalue weighted by Gasteiger charge is -2.25. The predicted octanol–water partition coefficient (Wildman–Crippen LogP) is 4.40. The van der Waals surface area contributed by atoms with E-state index in [0.29, 0.717) is 16.8 Å². The first-order chi connectivity index (χ1) is 15.7. The van der Waals surface area contributed by atoms with Gasteiger partial charge >= 0.3 is 6.09 Å². The fraction of sp³-hybridized carbons (Fsp3) is 0.400. The quantitative estimate of drug-likeness (QED) is 0.618. The van der Waals surface area contributed by atoms with E-state index in [1.807, 2.05) is 13.8 Å². The summed E-state index contributed by atoms with van der Waals surface area (Å²) in [7, 11) is 0. The second-order valence-corrected chi connectivity index (χ2v) is 8.59. The molecule has 3 atom stereocenters. The number of nitrogens with one attached hydrogen (secondary N) is 2. The largest absolute Gasteiger partial charge is 0.438 e. The summed E-state index contributed by atoms with van der Waals surface area (Å²) in [6.07, 6.45) is -0.706. The van der Waals surface area contributed by atoms with E-state index in [9.17, 15) is 18.8 Å². The van der Waals surface area contributed by atoms with E-state index in [1.54, 1.807) is 50.2 Å². The molecule has 2 N–H and O–H groups in total. The molecule has 1 heterocycles. The number of nitrogens with zero attached hydrogens (tertiary/aromatic N) is 1. The minimum absolute atomic E-state index is 0.0739. The summed E-state index contributed by atoms with van der Waals surface area (Å²) in [5.74, 6) is -0.962. The third-order valence-electron chi connectivity index (χ3n) is 5.65. The zero-order chi connectivity index (χ0) is 24.1. The van der Waals surface area contributed by atoms with Gasteiger partial charge in [-0.1, -0.05) is 45.0 Å². The standard InChI is InChI=1S/C25H30FN3O4/c1-5-16(4)27-24(31)21-22(18-8-12-20(13-9-18)28-23(30)15(2)3)33-25(32)29(21)14-17-6-10-19(26)11-7-17/h6-13,15-16,21-22H,5,14H2,1-4H3,(H,27,31)(H,28,30). The zero-order valence-corrected chi connectivity index (χ0v) is 19.3. The molecule has 33 heavy (non-hydrogen) atoms. The summed E-state index contributed by atoms with van der Waals surface area (Å²) in [6, 6.07) is 11.7. The number of anilines is 1. The van der Waals surface area contributed by atoms with Gasteiger partial charge in [0.05, 0.1) is 6.54 Å². The van der Waals surface area contributed by atoms with Crippen LogP contribution in [0.4, 0.5) is 14.9 Å². The minimum atomic E-state index is -0.896. The summed E-state index contributed by atoms with van der Waals surface area (Å²) < 4.78 is 18.9. The molecule has 3 unspecified atom stereocenters. The van der Waals surface area contributed by atoms with Crippen LogP contribution in [0.2, 0.25) is 0 Å². The van der Waals surface area contributed by atoms with Gasteiger partial charge in [0, 0.05) is 17.6 Å². The van der Waals surface area contributed by atoms with Gasteiger partial charge in [-0.15, -0.1) is 0 Å². The van der Waals surface area contributed by atoms with Crippen LogP contribution in [0.3, 0.4) is 0 Å². The van der Waals surface area contributed by atoms with Crippen LogP contribution in [0.25, 0.3) is 0 Å². The van der Waals surface area contributed by atoms with Crippen molar-refractivity contribution in [2.75, 3.05) is 5.32 Å². The predicted molar refractivity (Wildman–Crippen MR) is 123 cm³/mol. The number of ether oxygens (including phenoxy) is 1. The van der Waals surface area contributed by atoms with Crippen LogP contribution in [0.15, 0.2) is 48.5 Å². The molecule has 2 aromatic carbocycles. The number of halogens is 1. The van der Waals surface area contributed by atoms with E-state index in [0.717, 1.165) is 6.42 Å². The molecule has 1 aliphatic heterocycles. The van der Waals surface area contributed by atoms with Crippen molar-refractivity contribution in [1.29, 1.82) is 0 Å². The number of carbonyl (C=O) groups excluding carboxylic acids is 3. The molecule has 0 bridgehead atoms. The van der Waals surface area contributed by atoms with Crippen molar-refractivity contribution in [3.63, 3.8) is 0 Å². The topological polar surface area (TPSA) is 87.7 Å². The molecule has 7 nitrogen and oxygen atoms in total. The van der Waals surface area contributed by atoms with Gasteiger partial charge in [0.1, 0.15) is 5.82 Å². The van der Waals surface area contributed by atoms with Gasteiger partial charge in [0.15, 0.2) is 12.1 Å². The molecular formula is C25H30FN3O4. The van der Waals surface area contributed by atoms with E-state index in [4.69, 9.17) is 4.74 Å². The summed E-state index contributed by atoms with van der Waals surface area (Å²) in [5.41, 5.74) is 1.93. The van der Waals surface area contributed by atoms with Crippen LogP contribution in [0.1, 0.15) is 51.3 Å². The van der Waals surface area contributed by atoms with E-state index >= 15 is 0 Å². The van der Waals surface area contributed by atoms with Crippen molar-refractivity contribution in [2.24, 2.45) is 5.92 Å². The molecule has 1 aliphatic rings. The lowest BCUT2D eigenvalue weighted by molar-refractivity contribution is -0.127. The van der Waals surface area contributed by atoms with Crippen LogP contribution < -0.4 is 10.6 Å². The number of hydrogen-bond donors (Lipinski definition) is 2. The van der Waals surface area contributed by atoms with Crippen molar-refractivity contribution >= 4 is 23.6 Å². The lowest BCUT2D eigenvalue weighted by atomic mass is 10.00. The number of amides is 3. The van der Waals surface area contributed by atoms with Gasteiger partial charge in [-0.3, -0.25) is 14.5 Å². The molecule has 1 fully saturated rings. The van der Waals surface area contributed by atoms with Gasteiger partial charge in [-0.2, -0.15) is 0 Å². The first-order valence-electron chi connectivity index (χ1n) is 11.1. The Morgan fingerprint density at radius 2 is 1.70 bits per heavy atom. The van der Waals surface area contributed by atoms with Crippen molar-refractivity contribution in [3.8, 4) is 0 Å². The van der Waals surface area contributed by atoms with Crippen molar-refractivity contribution in [3.05, 3.63) is 65.5 Å². The monoisotopic (exact) mass is 455 g/mol. The second-order valence-electron chi connectivity index (χ2n) is 8.59. The molecular weight excluding hydrogens is 425 g/mol. The molecule has 0 radical (unpaired) electrons. The Kier molecular flexibility index (Phi) is 7.68. The van der Waals surface area contributed by atoms with E-state index in [-0.39, 0.29) is 36.1 Å². The lowest BCUT2D eigenvalue weighted by Crippen LogP contribution is -2.48. The maximum atomic E-state index is 13.3. The number of cyclic esters (lactones) is 1. The Balaban J connectivity index is 1.87. The molecule has 3 rings (SSSR count). The molecule has 0 aromatic heterocycles. The number of carbonyl (C=O) groups is 3. The Morgan fingerprint density at radius 1 is 1.06 bits per heavy atom. The van der Waals surface area contributed by atoms with Crippen LogP contribution in [-0.2, 0) is 20.9 Å². The van der Waals surface area contributed by atoms with Crippen molar-refractivity contribution in [2.45, 2.75) is 58.8 Å². The van der Waals surface area contributed by atoms with E-state index in [2.05, 4.69) is 10.6 Å². The summed E-state index contributed by atoms with van der Waals surface area (Å²) in [5, 5.41) is 5.75. The average molecular weight is 456 g/mol. The SMILES string of the molecule is CCC(C)NC(=O)C1C(c2ccc(NC(=O)C(C)C)cc2)OC(=O)N1Cc1ccc(F)cc1. The Hall–Kier alpha value is -3.42. The maximum absolute atomic E-state index is 13.3. The Bertz CT molecular complexity index is 992. The molecule has 2 aromatic rings. The van der Waals surface area contributed by atoms with Crippen LogP contribution in [0.5, 0.6) is 0 Å². The first kappa shape index (κ1) is 24.2. The zero-order valence-electron chi connectivity index (χ0n) is 19.3. The van der Waals surface area contributed by atoms with E-state index in [1.165, 1.54) is 17.0 Å². The Morgan fingerprint density at radius 3 is 2.27 bits per heavy atom. The van der Waals surface area contributed by atoms with Crippen molar-refractivity contribution in [1.82, 2.24) is 10.2 Å². The Labute approximate surface area is 193 Å². The second kappa shape index (κ2) is 10.5. The normalized spacial score (nSPS) is 18.7. The van der Waals surface area contributed by atoms with Gasteiger partial charge in [0.2, 0.25) is 11.8 Å². The third kappa shape index (κ3) is 5.88. The van der Waals surface area contributed by atoms with Gasteiger partial charge in [0.25, 0.3) is 0 Å². The van der Waals surface area contributed by atoms with Gasteiger partial charge in [-0.05, 0) is 48.7 Å². The highest BCUT2D eigenvalue weighted by Crippen LogP contribution is 2.34. The highest BCUT2D eigenvalue weighted by atomic mass is 19.1. The summed E-state index contributed by atoms with van der Waals surface area (Å²) in [6.45, 7) is 7.56. The van der Waals surface area contributed by atoms with Crippen LogP contribution in [-0.4, -0.2) is 34.9 Å². The van der Waals surface area contributed by atoms with Gasteiger partial charge in [-0.25, -0.2) is 9.18 Å². The van der Waals surface area contributed by atoms with Crippen molar-refractivity contribution < 1.29 is 23.5 Å². The van der Waals surface area contributed by atoms with Crippen LogP contribution >= 0.6 is 0 Å². The third-order valence-corrected chi connectivity index (χ3v) is 5.65. The molecule has 1 saturated heterocycles. The fourth-order valence-electron chi connectivity index (χ4n) is 3.47. The minimum Gasteiger partial charge on any atom is -0.438 e. The molecule has 0 saturated carbocycles. The fourth-order valence-corrected chi connectivity index (χ4v) is 3.47. The molecule has 3 amide bonds. The number of hydrogen-bond acceptors (Lipinski definition) is 4. The summed E-state index contributed by atoms with van der Waals surface area (Å²) in [4.78, 5) is 39.3. The van der Waals surface area contributed by atoms with E-state index < -0.39 is 18.2 Å². The molecule has 0 spiro atoms. The average Bonchev–Trinajstić information content (AvgIpc) is 3.11. The summed E-state index contributed by atoms with van der Waals surface area (Å²) >= 11 is 0. The highest BCUT2D eigenvalue weighted by Gasteiger charge is 2.47. The smallest absolute Gasteiger partial charge is 0.411 e. The van der Waals surface area contributed by atoms with Crippen LogP contribution in [0, 0.1) is 11.7 Å². The highest BCUT2D eigenvalue weighted by molar-refractivity contribution is 5.92. The number of rotatable bonds is 8. The molecule has 8 heteroatoms. The number of benzene rings is 2. The van der Waals surface area contributed by atoms with Gasteiger partial charge < -0.3 is 15.4 Å². The molecule has 176 valence electrons. The molecule has 0 aliphatic carbocycles.